The van der Waals surface area contributed by atoms with Gasteiger partial charge in [-0.05, 0) is 44.2 Å². The highest BCUT2D eigenvalue weighted by Gasteiger charge is 3.02. The van der Waals surface area contributed by atoms with Gasteiger partial charge in [0, 0.05) is 25.3 Å². The zero-order chi connectivity index (χ0) is 32.3. The Bertz CT molecular complexity index is 1080. The number of nitrogens with one attached hydrogen (secondary N) is 2. The van der Waals surface area contributed by atoms with E-state index >= 15 is 0 Å². The Hall–Kier alpha value is -3.76. The number of likely N-dealkylation sites (tertiary alicyclic amines) is 1. The van der Waals surface area contributed by atoms with E-state index < -0.39 is 29.5 Å². The van der Waals surface area contributed by atoms with Crippen LogP contribution in [0.1, 0.15) is 47.0 Å². The molecule has 1 aliphatic heterocycles. The normalized spacial score (nSPS) is 21.8. The number of nitriles is 1. The van der Waals surface area contributed by atoms with Gasteiger partial charge in [0.05, 0.1) is 12.6 Å². The fourth-order valence-corrected chi connectivity index (χ4v) is 3.59. The van der Waals surface area contributed by atoms with Gasteiger partial charge in [-0.2, -0.15) is 22.8 Å². The quantitative estimate of drug-likeness (QED) is 0.360. The van der Waals surface area contributed by atoms with Crippen LogP contribution in [0, 0.1) is 23.2 Å². The molecule has 2 saturated carbocycles. The van der Waals surface area contributed by atoms with Crippen LogP contribution < -0.4 is 10.6 Å². The molecule has 9 nitrogen and oxygen atoms in total. The lowest BCUT2D eigenvalue weighted by molar-refractivity contribution is -0.135. The van der Waals surface area contributed by atoms with E-state index in [2.05, 4.69) is 18.3 Å². The number of benzene rings is 1. The van der Waals surface area contributed by atoms with Crippen molar-refractivity contribution in [3.8, 4) is 6.07 Å². The Morgan fingerprint density at radius 2 is 1.60 bits per heavy atom. The minimum atomic E-state index is -4.90. The number of hydrogen-bond donors (Lipinski definition) is 2. The Morgan fingerprint density at radius 3 is 1.98 bits per heavy atom. The summed E-state index contributed by atoms with van der Waals surface area (Å²) in [5, 5.41) is 13.1. The van der Waals surface area contributed by atoms with Crippen LogP contribution in [0.2, 0.25) is 0 Å². The lowest BCUT2D eigenvalue weighted by Crippen LogP contribution is -2.42. The van der Waals surface area contributed by atoms with Crippen LogP contribution in [0.3, 0.4) is 0 Å². The van der Waals surface area contributed by atoms with Crippen molar-refractivity contribution < 1.29 is 41.1 Å². The molecule has 2 unspecified atom stereocenters. The van der Waals surface area contributed by atoms with Gasteiger partial charge in [0.25, 0.3) is 5.91 Å². The first-order valence-corrected chi connectivity index (χ1v) is 13.3. The van der Waals surface area contributed by atoms with Gasteiger partial charge in [-0.25, -0.2) is 4.39 Å². The number of carbonyl (C=O) groups is 4. The van der Waals surface area contributed by atoms with Crippen LogP contribution in [0.15, 0.2) is 30.3 Å². The average Bonchev–Trinajstić information content (AvgIpc) is 3.70. The third-order valence-electron chi connectivity index (χ3n) is 6.34. The summed E-state index contributed by atoms with van der Waals surface area (Å²) in [5.41, 5.74) is -3.56. The van der Waals surface area contributed by atoms with Crippen LogP contribution in [0.4, 0.5) is 27.6 Å². The third kappa shape index (κ3) is 9.39. The summed E-state index contributed by atoms with van der Waals surface area (Å²) in [6, 6.07) is 10.4. The Labute approximate surface area is 242 Å². The molecule has 1 aromatic carbocycles. The molecule has 2 N–H and O–H groups in total. The van der Waals surface area contributed by atoms with Gasteiger partial charge in [0.15, 0.2) is 0 Å². The van der Waals surface area contributed by atoms with Gasteiger partial charge >= 0.3 is 17.5 Å². The van der Waals surface area contributed by atoms with Crippen LogP contribution >= 0.6 is 0 Å². The minimum Gasteiger partial charge on any atom is -0.351 e. The van der Waals surface area contributed by atoms with E-state index in [0.29, 0.717) is 25.3 Å². The molecule has 42 heavy (non-hydrogen) atoms. The highest BCUT2D eigenvalue weighted by molar-refractivity contribution is 5.93. The van der Waals surface area contributed by atoms with Gasteiger partial charge in [0.2, 0.25) is 18.7 Å². The second-order valence-corrected chi connectivity index (χ2v) is 10.8. The van der Waals surface area contributed by atoms with Crippen molar-refractivity contribution >= 4 is 30.3 Å². The topological polar surface area (TPSA) is 123 Å². The molecule has 1 heterocycles. The Balaban J connectivity index is 0.000000301. The second-order valence-electron chi connectivity index (χ2n) is 10.8. The van der Waals surface area contributed by atoms with Crippen molar-refractivity contribution in [3.05, 3.63) is 30.3 Å². The fraction of sp³-hybridized carbons (Fsp3) is 0.607. The first kappa shape index (κ1) is 36.3. The van der Waals surface area contributed by atoms with Crippen molar-refractivity contribution in [2.75, 3.05) is 25.5 Å². The van der Waals surface area contributed by atoms with Gasteiger partial charge in [-0.3, -0.25) is 19.2 Å². The van der Waals surface area contributed by atoms with Crippen LogP contribution in [0.5, 0.6) is 0 Å². The Kier molecular flexibility index (Phi) is 13.4. The number of hydrogen-bond acceptors (Lipinski definition) is 5. The maximum absolute atomic E-state index is 12.9. The maximum atomic E-state index is 12.9. The highest BCUT2D eigenvalue weighted by Crippen LogP contribution is 2.68. The molecule has 0 bridgehead atoms. The van der Waals surface area contributed by atoms with E-state index in [9.17, 15) is 41.1 Å². The zero-order valence-electron chi connectivity index (χ0n) is 24.3. The van der Waals surface area contributed by atoms with Crippen molar-refractivity contribution in [1.29, 1.82) is 5.26 Å². The third-order valence-corrected chi connectivity index (χ3v) is 6.34. The maximum Gasteiger partial charge on any atom is 0.362 e. The molecule has 4 rings (SSSR count). The number of amides is 4. The van der Waals surface area contributed by atoms with E-state index in [1.807, 2.05) is 37.3 Å². The summed E-state index contributed by atoms with van der Waals surface area (Å²) in [4.78, 5) is 45.5. The highest BCUT2D eigenvalue weighted by atomic mass is 19.3. The molecular formula is C28H38F5N5O4. The van der Waals surface area contributed by atoms with Crippen molar-refractivity contribution in [1.82, 2.24) is 15.1 Å². The number of anilines is 1. The smallest absolute Gasteiger partial charge is 0.351 e. The molecule has 14 heteroatoms. The number of rotatable bonds is 7. The molecule has 1 saturated heterocycles. The zero-order valence-corrected chi connectivity index (χ0v) is 24.3. The van der Waals surface area contributed by atoms with Crippen LogP contribution in [-0.4, -0.2) is 84.2 Å². The van der Waals surface area contributed by atoms with E-state index in [1.54, 1.807) is 17.3 Å². The fourth-order valence-electron chi connectivity index (χ4n) is 3.59. The average molecular weight is 604 g/mol. The summed E-state index contributed by atoms with van der Waals surface area (Å²) in [6.45, 7) is 7.65. The van der Waals surface area contributed by atoms with Gasteiger partial charge < -0.3 is 20.4 Å². The molecule has 4 amide bonds. The summed E-state index contributed by atoms with van der Waals surface area (Å²) in [7, 11) is 1.55. The number of alkyl halides is 5. The molecule has 3 aliphatic rings. The first-order chi connectivity index (χ1) is 19.5. The number of nitrogens with zero attached hydrogens (tertiary/aromatic N) is 3. The van der Waals surface area contributed by atoms with Crippen molar-refractivity contribution in [3.63, 3.8) is 0 Å². The molecule has 1 aromatic rings. The van der Waals surface area contributed by atoms with Crippen LogP contribution in [-0.2, 0) is 19.2 Å². The SMILES string of the molecule is CC(C)NC(=O)C1(F)C(F)(F)C1(F)F.CC1CC(C#N)N(C(=O)CN(C)C=O)C1.CC1CC1.O=CNc1ccccc1. The molecule has 3 fully saturated rings. The molecule has 2 aliphatic carbocycles. The lowest BCUT2D eigenvalue weighted by Gasteiger charge is -2.21. The van der Waals surface area contributed by atoms with E-state index in [-0.39, 0.29) is 18.5 Å². The molecule has 0 aromatic heterocycles. The Morgan fingerprint density at radius 1 is 1.07 bits per heavy atom. The van der Waals surface area contributed by atoms with E-state index in [4.69, 9.17) is 5.26 Å². The van der Waals surface area contributed by atoms with Crippen molar-refractivity contribution in [2.24, 2.45) is 11.8 Å². The second kappa shape index (κ2) is 15.5. The monoisotopic (exact) mass is 603 g/mol. The molecule has 0 spiro atoms. The van der Waals surface area contributed by atoms with Gasteiger partial charge in [-0.1, -0.05) is 44.9 Å². The summed E-state index contributed by atoms with van der Waals surface area (Å²) < 4.78 is 62.0. The molecule has 2 atom stereocenters. The number of carbonyl (C=O) groups excluding carboxylic acids is 4. The molecule has 234 valence electrons. The standard InChI is InChI=1S/C10H15N3O2.C7H8F5NO.C7H7NO.C4H8/c1-8-3-9(4-11)13(5-8)10(15)6-12(2)7-14;1-3(2)13-4(14)5(8)6(9,10)7(5,11)12;9-6-8-7-4-2-1-3-5-7;1-4-2-3-4/h7-9H,3,5-6H2,1-2H3;3H,1-2H3,(H,13,14);1-6H,(H,8,9);4H,2-3H2,1H3. The lowest BCUT2D eigenvalue weighted by atomic mass is 10.1. The molecular weight excluding hydrogens is 565 g/mol. The van der Waals surface area contributed by atoms with Gasteiger partial charge in [0.1, 0.15) is 6.04 Å². The predicted octanol–water partition coefficient (Wildman–Crippen LogP) is 4.01. The van der Waals surface area contributed by atoms with E-state index in [1.165, 1.54) is 31.6 Å². The summed E-state index contributed by atoms with van der Waals surface area (Å²) >= 11 is 0. The summed E-state index contributed by atoms with van der Waals surface area (Å²) in [5.74, 6) is -10.5. The van der Waals surface area contributed by atoms with Crippen LogP contribution in [0.25, 0.3) is 0 Å². The van der Waals surface area contributed by atoms with Gasteiger partial charge in [-0.15, -0.1) is 0 Å². The largest absolute Gasteiger partial charge is 0.362 e. The summed E-state index contributed by atoms with van der Waals surface area (Å²) in [6.07, 6.45) is 4.97. The first-order valence-electron chi connectivity index (χ1n) is 13.3. The van der Waals surface area contributed by atoms with E-state index in [0.717, 1.165) is 18.0 Å². The predicted molar refractivity (Wildman–Crippen MR) is 145 cm³/mol. The van der Waals surface area contributed by atoms with Crippen molar-refractivity contribution in [2.45, 2.75) is 76.6 Å². The molecule has 0 radical (unpaired) electrons. The number of halogens is 5. The number of likely N-dealkylation sites (N-methyl/N-ethyl adjacent to an activating group) is 1. The minimum absolute atomic E-state index is 0.0500. The number of para-hydroxylation sites is 1.